The maximum absolute atomic E-state index is 13.6. The van der Waals surface area contributed by atoms with Crippen LogP contribution in [0.25, 0.3) is 11.0 Å². The highest BCUT2D eigenvalue weighted by Crippen LogP contribution is 2.44. The van der Waals surface area contributed by atoms with Gasteiger partial charge in [-0.15, -0.1) is 8.78 Å². The number of hydrogen-bond acceptors (Lipinski definition) is 7. The third-order valence-corrected chi connectivity index (χ3v) is 8.61. The van der Waals surface area contributed by atoms with Gasteiger partial charge in [-0.2, -0.15) is 5.26 Å². The molecule has 2 aromatic heterocycles. The molecule has 0 saturated heterocycles. The van der Waals surface area contributed by atoms with Gasteiger partial charge in [-0.1, -0.05) is 6.42 Å². The second-order valence-electron chi connectivity index (χ2n) is 10.9. The van der Waals surface area contributed by atoms with Gasteiger partial charge >= 0.3 is 6.29 Å². The van der Waals surface area contributed by atoms with Crippen LogP contribution in [0, 0.1) is 17.2 Å². The Morgan fingerprint density at radius 1 is 1.05 bits per heavy atom. The first kappa shape index (κ1) is 25.4. The second-order valence-corrected chi connectivity index (χ2v) is 10.9. The van der Waals surface area contributed by atoms with Gasteiger partial charge < -0.3 is 23.8 Å². The summed E-state index contributed by atoms with van der Waals surface area (Å²) in [7, 11) is 3.70. The average Bonchev–Trinajstić information content (AvgIpc) is 3.22. The standard InChI is InChI=1S/C29H31F2N5O3/c1-34(24-15-27(37)35(2)23-12-6-19(16-32)33-28(23)24)20-7-9-21(10-8-20)36(17-18-4-3-5-18)22-11-13-25-26(14-22)39-29(30,31)38-25/h6,11-15,18,20-21H,3-5,7-10,17H2,1-2H3. The molecule has 0 radical (unpaired) electrons. The molecule has 0 N–H and O–H groups in total. The fourth-order valence-corrected chi connectivity index (χ4v) is 6.13. The molecule has 2 saturated carbocycles. The number of ether oxygens (including phenoxy) is 2. The highest BCUT2D eigenvalue weighted by atomic mass is 19.3. The predicted molar refractivity (Wildman–Crippen MR) is 143 cm³/mol. The molecule has 8 nitrogen and oxygen atoms in total. The molecule has 0 bridgehead atoms. The largest absolute Gasteiger partial charge is 0.586 e. The summed E-state index contributed by atoms with van der Waals surface area (Å²) < 4.78 is 38.2. The minimum Gasteiger partial charge on any atom is -0.395 e. The number of nitrogens with zero attached hydrogens (tertiary/aromatic N) is 5. The lowest BCUT2D eigenvalue weighted by molar-refractivity contribution is -0.286. The van der Waals surface area contributed by atoms with Crippen LogP contribution in [-0.4, -0.2) is 41.5 Å². The lowest BCUT2D eigenvalue weighted by Crippen LogP contribution is -2.46. The maximum Gasteiger partial charge on any atom is 0.586 e. The number of aryl methyl sites for hydroxylation is 1. The van der Waals surface area contributed by atoms with E-state index in [-0.39, 0.29) is 29.1 Å². The molecule has 3 aromatic rings. The molecule has 0 amide bonds. The van der Waals surface area contributed by atoms with Crippen LogP contribution in [0.2, 0.25) is 0 Å². The van der Waals surface area contributed by atoms with Gasteiger partial charge in [0.2, 0.25) is 0 Å². The van der Waals surface area contributed by atoms with Gasteiger partial charge in [-0.05, 0) is 68.7 Å². The molecule has 10 heteroatoms. The maximum atomic E-state index is 13.6. The van der Waals surface area contributed by atoms with Crippen molar-refractivity contribution < 1.29 is 18.3 Å². The topological polar surface area (TPSA) is 83.6 Å². The zero-order chi connectivity index (χ0) is 27.3. The second kappa shape index (κ2) is 9.70. The highest BCUT2D eigenvalue weighted by Gasteiger charge is 2.44. The fraction of sp³-hybridized carbons (Fsp3) is 0.483. The van der Waals surface area contributed by atoms with E-state index in [1.807, 2.05) is 13.1 Å². The van der Waals surface area contributed by atoms with E-state index in [0.717, 1.165) is 43.6 Å². The molecule has 2 aliphatic carbocycles. The molecule has 39 heavy (non-hydrogen) atoms. The summed E-state index contributed by atoms with van der Waals surface area (Å²) in [6, 6.07) is 12.7. The number of halogens is 2. The third kappa shape index (κ3) is 4.75. The van der Waals surface area contributed by atoms with Gasteiger partial charge in [0.05, 0.1) is 11.2 Å². The fourth-order valence-electron chi connectivity index (χ4n) is 6.13. The summed E-state index contributed by atoms with van der Waals surface area (Å²) in [6.45, 7) is 0.890. The number of nitriles is 1. The monoisotopic (exact) mass is 535 g/mol. The van der Waals surface area contributed by atoms with Gasteiger partial charge in [0.15, 0.2) is 11.5 Å². The summed E-state index contributed by atoms with van der Waals surface area (Å²) in [5, 5.41) is 9.38. The van der Waals surface area contributed by atoms with Gasteiger partial charge in [0.25, 0.3) is 5.56 Å². The summed E-state index contributed by atoms with van der Waals surface area (Å²) in [5.41, 5.74) is 3.14. The molecule has 3 aliphatic rings. The van der Waals surface area contributed by atoms with Crippen molar-refractivity contribution in [2.24, 2.45) is 13.0 Å². The van der Waals surface area contributed by atoms with E-state index in [4.69, 9.17) is 4.74 Å². The van der Waals surface area contributed by atoms with E-state index in [0.29, 0.717) is 22.6 Å². The van der Waals surface area contributed by atoms with Crippen LogP contribution in [-0.2, 0) is 7.05 Å². The first-order valence-electron chi connectivity index (χ1n) is 13.5. The molecule has 0 unspecified atom stereocenters. The number of anilines is 2. The van der Waals surface area contributed by atoms with E-state index < -0.39 is 6.29 Å². The summed E-state index contributed by atoms with van der Waals surface area (Å²) in [4.78, 5) is 21.8. The first-order chi connectivity index (χ1) is 18.7. The van der Waals surface area contributed by atoms with Gasteiger partial charge in [-0.3, -0.25) is 4.79 Å². The number of rotatable bonds is 6. The number of benzene rings is 1. The van der Waals surface area contributed by atoms with E-state index in [1.54, 1.807) is 41.9 Å². The predicted octanol–water partition coefficient (Wildman–Crippen LogP) is 5.18. The lowest BCUT2D eigenvalue weighted by atomic mass is 9.83. The molecule has 1 aliphatic heterocycles. The molecular formula is C29H31F2N5O3. The van der Waals surface area contributed by atoms with Crippen molar-refractivity contribution >= 4 is 22.4 Å². The first-order valence-corrected chi connectivity index (χ1v) is 13.5. The summed E-state index contributed by atoms with van der Waals surface area (Å²) in [6.07, 6.45) is 3.62. The molecule has 204 valence electrons. The Hall–Kier alpha value is -3.87. The Bertz CT molecular complexity index is 1510. The van der Waals surface area contributed by atoms with Crippen molar-refractivity contribution in [3.05, 3.63) is 52.4 Å². The van der Waals surface area contributed by atoms with E-state index in [1.165, 1.54) is 19.3 Å². The minimum atomic E-state index is -3.63. The Balaban J connectivity index is 1.23. The normalized spacial score (nSPS) is 21.8. The van der Waals surface area contributed by atoms with Gasteiger partial charge in [-0.25, -0.2) is 4.98 Å². The average molecular weight is 536 g/mol. The molecule has 6 rings (SSSR count). The SMILES string of the molecule is CN(c1cc(=O)n(C)c2ccc(C#N)nc12)C1CCC(N(CC2CCC2)c2ccc3c(c2)OC(F)(F)O3)CC1. The van der Waals surface area contributed by atoms with Crippen LogP contribution >= 0.6 is 0 Å². The Morgan fingerprint density at radius 2 is 1.77 bits per heavy atom. The van der Waals surface area contributed by atoms with Gasteiger partial charge in [0, 0.05) is 50.5 Å². The zero-order valence-electron chi connectivity index (χ0n) is 22.1. The number of hydrogen-bond donors (Lipinski definition) is 0. The lowest BCUT2D eigenvalue weighted by Gasteiger charge is -2.43. The van der Waals surface area contributed by atoms with Gasteiger partial charge in [0.1, 0.15) is 17.3 Å². The smallest absolute Gasteiger partial charge is 0.395 e. The van der Waals surface area contributed by atoms with Crippen LogP contribution in [0.15, 0.2) is 41.2 Å². The minimum absolute atomic E-state index is 0.0621. The number of pyridine rings is 2. The Morgan fingerprint density at radius 3 is 2.46 bits per heavy atom. The van der Waals surface area contributed by atoms with E-state index in [9.17, 15) is 18.8 Å². The Kier molecular flexibility index (Phi) is 6.32. The molecule has 0 spiro atoms. The molecule has 2 fully saturated rings. The number of alkyl halides is 2. The van der Waals surface area contributed by atoms with Crippen molar-refractivity contribution in [3.63, 3.8) is 0 Å². The van der Waals surface area contributed by atoms with Crippen molar-refractivity contribution in [2.45, 2.75) is 63.3 Å². The van der Waals surface area contributed by atoms with E-state index >= 15 is 0 Å². The van der Waals surface area contributed by atoms with Crippen LogP contribution in [0.5, 0.6) is 11.5 Å². The van der Waals surface area contributed by atoms with Crippen LogP contribution < -0.4 is 24.8 Å². The molecule has 3 heterocycles. The van der Waals surface area contributed by atoms with Crippen LogP contribution in [0.4, 0.5) is 20.2 Å². The van der Waals surface area contributed by atoms with Crippen LogP contribution in [0.3, 0.4) is 0 Å². The van der Waals surface area contributed by atoms with Crippen LogP contribution in [0.1, 0.15) is 50.6 Å². The molecule has 1 aromatic carbocycles. The zero-order valence-corrected chi connectivity index (χ0v) is 22.1. The van der Waals surface area contributed by atoms with Crippen molar-refractivity contribution in [1.29, 1.82) is 5.26 Å². The highest BCUT2D eigenvalue weighted by molar-refractivity contribution is 5.88. The van der Waals surface area contributed by atoms with Crippen molar-refractivity contribution in [3.8, 4) is 17.6 Å². The molecule has 0 atom stereocenters. The molecular weight excluding hydrogens is 504 g/mol. The number of fused-ring (bicyclic) bond motifs is 2. The van der Waals surface area contributed by atoms with Crippen molar-refractivity contribution in [2.75, 3.05) is 23.4 Å². The van der Waals surface area contributed by atoms with E-state index in [2.05, 4.69) is 25.6 Å². The number of aromatic nitrogens is 2. The quantitative estimate of drug-likeness (QED) is 0.430. The Labute approximate surface area is 225 Å². The third-order valence-electron chi connectivity index (χ3n) is 8.61. The summed E-state index contributed by atoms with van der Waals surface area (Å²) >= 11 is 0. The van der Waals surface area contributed by atoms with Crippen molar-refractivity contribution in [1.82, 2.24) is 9.55 Å². The summed E-state index contributed by atoms with van der Waals surface area (Å²) in [5.74, 6) is 0.739.